The molecule has 1 atom stereocenters. The average Bonchev–Trinajstić information content (AvgIpc) is 2.24. The zero-order valence-electron chi connectivity index (χ0n) is 9.80. The Bertz CT molecular complexity index is 376. The number of carbonyl (C=O) groups excluding carboxylic acids is 1. The zero-order chi connectivity index (χ0) is 12.8. The highest BCUT2D eigenvalue weighted by atomic mass is 35.5. The number of amides is 1. The lowest BCUT2D eigenvalue weighted by Crippen LogP contribution is -2.36. The molecule has 0 fully saturated rings. The number of benzene rings is 1. The van der Waals surface area contributed by atoms with Crippen LogP contribution in [0.4, 0.5) is 0 Å². The van der Waals surface area contributed by atoms with Crippen molar-refractivity contribution in [1.82, 2.24) is 5.32 Å². The van der Waals surface area contributed by atoms with Crippen LogP contribution in [0.15, 0.2) is 18.2 Å². The maximum Gasteiger partial charge on any atom is 0.224 e. The molecule has 1 aromatic carbocycles. The minimum Gasteiger partial charge on any atom is -0.383 e. The van der Waals surface area contributed by atoms with Crippen molar-refractivity contribution in [2.75, 3.05) is 13.7 Å². The fourth-order valence-electron chi connectivity index (χ4n) is 1.48. The highest BCUT2D eigenvalue weighted by Crippen LogP contribution is 2.24. The molecule has 1 N–H and O–H groups in total. The topological polar surface area (TPSA) is 38.3 Å². The molecule has 0 heterocycles. The molecule has 0 aliphatic heterocycles. The normalized spacial score (nSPS) is 12.2. The minimum atomic E-state index is -0.121. The van der Waals surface area contributed by atoms with Gasteiger partial charge in [-0.15, -0.1) is 0 Å². The third-order valence-corrected chi connectivity index (χ3v) is 2.93. The number of methoxy groups -OCH3 is 1. The largest absolute Gasteiger partial charge is 0.383 e. The van der Waals surface area contributed by atoms with Crippen molar-refractivity contribution in [2.45, 2.75) is 19.4 Å². The number of hydrogen-bond donors (Lipinski definition) is 1. The summed E-state index contributed by atoms with van der Waals surface area (Å²) in [5.74, 6) is -0.121. The van der Waals surface area contributed by atoms with Crippen LogP contribution in [0.1, 0.15) is 12.5 Å². The predicted octanol–water partition coefficient (Wildman–Crippen LogP) is 2.69. The second-order valence-electron chi connectivity index (χ2n) is 3.80. The van der Waals surface area contributed by atoms with Crippen molar-refractivity contribution in [2.24, 2.45) is 0 Å². The van der Waals surface area contributed by atoms with Gasteiger partial charge in [-0.3, -0.25) is 4.79 Å². The van der Waals surface area contributed by atoms with Gasteiger partial charge < -0.3 is 10.1 Å². The molecule has 3 nitrogen and oxygen atoms in total. The maximum atomic E-state index is 11.7. The Morgan fingerprint density at radius 3 is 2.53 bits per heavy atom. The highest BCUT2D eigenvalue weighted by Gasteiger charge is 2.12. The van der Waals surface area contributed by atoms with Crippen molar-refractivity contribution in [3.05, 3.63) is 33.8 Å². The van der Waals surface area contributed by atoms with E-state index in [0.29, 0.717) is 22.2 Å². The third-order valence-electron chi connectivity index (χ3n) is 2.22. The van der Waals surface area contributed by atoms with Gasteiger partial charge in [0.15, 0.2) is 0 Å². The van der Waals surface area contributed by atoms with E-state index in [1.807, 2.05) is 6.92 Å². The molecule has 1 rings (SSSR count). The Labute approximate surface area is 111 Å². The molecule has 94 valence electrons. The minimum absolute atomic E-state index is 0.0336. The van der Waals surface area contributed by atoms with Crippen LogP contribution in [-0.4, -0.2) is 25.7 Å². The maximum absolute atomic E-state index is 11.7. The molecule has 5 heteroatoms. The Hall–Kier alpha value is -0.770. The van der Waals surface area contributed by atoms with Gasteiger partial charge in [0, 0.05) is 23.2 Å². The lowest BCUT2D eigenvalue weighted by Gasteiger charge is -2.13. The van der Waals surface area contributed by atoms with Gasteiger partial charge in [0.05, 0.1) is 13.0 Å². The Balaban J connectivity index is 2.62. The summed E-state index contributed by atoms with van der Waals surface area (Å²) < 4.78 is 4.94. The van der Waals surface area contributed by atoms with E-state index in [9.17, 15) is 4.79 Å². The van der Waals surface area contributed by atoms with E-state index in [1.54, 1.807) is 25.3 Å². The molecule has 0 radical (unpaired) electrons. The molecular formula is C12H15Cl2NO2. The van der Waals surface area contributed by atoms with Crippen LogP contribution in [0.3, 0.4) is 0 Å². The molecule has 1 amide bonds. The molecule has 0 bridgehead atoms. The molecule has 0 aliphatic carbocycles. The van der Waals surface area contributed by atoms with Gasteiger partial charge in [-0.25, -0.2) is 0 Å². The smallest absolute Gasteiger partial charge is 0.224 e. The molecule has 0 spiro atoms. The van der Waals surface area contributed by atoms with Crippen molar-refractivity contribution < 1.29 is 9.53 Å². The summed E-state index contributed by atoms with van der Waals surface area (Å²) in [4.78, 5) is 11.7. The van der Waals surface area contributed by atoms with E-state index in [0.717, 1.165) is 0 Å². The molecular weight excluding hydrogens is 261 g/mol. The van der Waals surface area contributed by atoms with Gasteiger partial charge in [-0.05, 0) is 24.6 Å². The summed E-state index contributed by atoms with van der Waals surface area (Å²) in [5, 5.41) is 3.82. The fraction of sp³-hybridized carbons (Fsp3) is 0.417. The van der Waals surface area contributed by atoms with Crippen LogP contribution >= 0.6 is 23.2 Å². The molecule has 0 saturated heterocycles. The van der Waals surface area contributed by atoms with Gasteiger partial charge in [0.1, 0.15) is 0 Å². The first-order chi connectivity index (χ1) is 8.04. The zero-order valence-corrected chi connectivity index (χ0v) is 11.3. The quantitative estimate of drug-likeness (QED) is 0.898. The van der Waals surface area contributed by atoms with Gasteiger partial charge in [0.25, 0.3) is 0 Å². The number of halogens is 2. The number of carbonyl (C=O) groups is 1. The fourth-order valence-corrected chi connectivity index (χ4v) is 2.01. The van der Waals surface area contributed by atoms with Gasteiger partial charge in [-0.1, -0.05) is 29.3 Å². The second kappa shape index (κ2) is 6.84. The second-order valence-corrected chi connectivity index (χ2v) is 4.62. The summed E-state index contributed by atoms with van der Waals surface area (Å²) in [6, 6.07) is 5.15. The first-order valence-corrected chi connectivity index (χ1v) is 6.01. The summed E-state index contributed by atoms with van der Waals surface area (Å²) in [5.41, 5.74) is 0.651. The van der Waals surface area contributed by atoms with Crippen LogP contribution in [0, 0.1) is 0 Å². The number of ether oxygens (including phenoxy) is 1. The SMILES string of the molecule is COCC(C)NC(=O)Cc1c(Cl)cccc1Cl. The third kappa shape index (κ3) is 4.54. The van der Waals surface area contributed by atoms with E-state index < -0.39 is 0 Å². The first-order valence-electron chi connectivity index (χ1n) is 5.25. The van der Waals surface area contributed by atoms with E-state index >= 15 is 0 Å². The molecule has 0 saturated carbocycles. The van der Waals surface area contributed by atoms with Crippen LogP contribution in [0.5, 0.6) is 0 Å². The lowest BCUT2D eigenvalue weighted by atomic mass is 10.1. The van der Waals surface area contributed by atoms with Gasteiger partial charge in [-0.2, -0.15) is 0 Å². The van der Waals surface area contributed by atoms with E-state index in [2.05, 4.69) is 5.32 Å². The number of hydrogen-bond acceptors (Lipinski definition) is 2. The van der Waals surface area contributed by atoms with E-state index in [4.69, 9.17) is 27.9 Å². The predicted molar refractivity (Wildman–Crippen MR) is 69.6 cm³/mol. The van der Waals surface area contributed by atoms with Crippen LogP contribution in [0.2, 0.25) is 10.0 Å². The van der Waals surface area contributed by atoms with Crippen molar-refractivity contribution in [3.8, 4) is 0 Å². The molecule has 0 aromatic heterocycles. The lowest BCUT2D eigenvalue weighted by molar-refractivity contribution is -0.121. The van der Waals surface area contributed by atoms with Crippen molar-refractivity contribution in [1.29, 1.82) is 0 Å². The standard InChI is InChI=1S/C12H15Cl2NO2/c1-8(7-17-2)15-12(16)6-9-10(13)4-3-5-11(9)14/h3-5,8H,6-7H2,1-2H3,(H,15,16). The summed E-state index contributed by atoms with van der Waals surface area (Å²) in [6.07, 6.45) is 0.173. The molecule has 1 aromatic rings. The van der Waals surface area contributed by atoms with E-state index in [-0.39, 0.29) is 18.4 Å². The number of rotatable bonds is 5. The Morgan fingerprint density at radius 2 is 2.00 bits per heavy atom. The summed E-state index contributed by atoms with van der Waals surface area (Å²) in [6.45, 7) is 2.34. The Morgan fingerprint density at radius 1 is 1.41 bits per heavy atom. The van der Waals surface area contributed by atoms with Crippen LogP contribution < -0.4 is 5.32 Å². The highest BCUT2D eigenvalue weighted by molar-refractivity contribution is 6.36. The van der Waals surface area contributed by atoms with Crippen molar-refractivity contribution in [3.63, 3.8) is 0 Å². The van der Waals surface area contributed by atoms with Crippen LogP contribution in [0.25, 0.3) is 0 Å². The van der Waals surface area contributed by atoms with Crippen LogP contribution in [-0.2, 0) is 16.0 Å². The Kier molecular flexibility index (Phi) is 5.75. The van der Waals surface area contributed by atoms with Gasteiger partial charge in [0.2, 0.25) is 5.91 Å². The van der Waals surface area contributed by atoms with Crippen molar-refractivity contribution >= 4 is 29.1 Å². The summed E-state index contributed by atoms with van der Waals surface area (Å²) >= 11 is 12.0. The molecule has 1 unspecified atom stereocenters. The molecule has 0 aliphatic rings. The number of nitrogens with one attached hydrogen (secondary N) is 1. The monoisotopic (exact) mass is 275 g/mol. The first kappa shape index (κ1) is 14.3. The summed E-state index contributed by atoms with van der Waals surface area (Å²) in [7, 11) is 1.59. The van der Waals surface area contributed by atoms with E-state index in [1.165, 1.54) is 0 Å². The molecule has 17 heavy (non-hydrogen) atoms. The average molecular weight is 276 g/mol. The van der Waals surface area contributed by atoms with Gasteiger partial charge >= 0.3 is 0 Å².